The van der Waals surface area contributed by atoms with Gasteiger partial charge in [0.05, 0.1) is 25.8 Å². The Balaban J connectivity index is 1.87. The Morgan fingerprint density at radius 3 is 2.24 bits per heavy atom. The standard InChI is InChI=1S/C26H22FNO5/c1-32-19-13-9-17(10-14-19)24(29)22-23(20-5-3-4-6-21(20)33-2)28(26(31)25(22)30)15-16-7-11-18(27)12-8-16/h3-14,23,29H,15H2,1-2H3. The predicted molar refractivity (Wildman–Crippen MR) is 120 cm³/mol. The molecule has 168 valence electrons. The van der Waals surface area contributed by atoms with Crippen molar-refractivity contribution in [1.82, 2.24) is 4.90 Å². The molecule has 1 fully saturated rings. The van der Waals surface area contributed by atoms with Gasteiger partial charge in [-0.05, 0) is 48.0 Å². The molecule has 0 saturated carbocycles. The molecule has 6 nitrogen and oxygen atoms in total. The summed E-state index contributed by atoms with van der Waals surface area (Å²) in [6, 6.07) is 18.3. The van der Waals surface area contributed by atoms with Gasteiger partial charge in [0.25, 0.3) is 11.7 Å². The normalized spacial score (nSPS) is 17.3. The summed E-state index contributed by atoms with van der Waals surface area (Å²) in [6.45, 7) is 0.0486. The lowest BCUT2D eigenvalue weighted by atomic mass is 9.94. The first-order valence-corrected chi connectivity index (χ1v) is 10.2. The highest BCUT2D eigenvalue weighted by molar-refractivity contribution is 6.46. The number of likely N-dealkylation sites (tertiary alicyclic amines) is 1. The molecule has 0 bridgehead atoms. The maximum absolute atomic E-state index is 13.4. The van der Waals surface area contributed by atoms with Crippen molar-refractivity contribution in [2.45, 2.75) is 12.6 Å². The van der Waals surface area contributed by atoms with Crippen LogP contribution in [-0.2, 0) is 16.1 Å². The summed E-state index contributed by atoms with van der Waals surface area (Å²) < 4.78 is 24.0. The molecule has 1 aliphatic rings. The van der Waals surface area contributed by atoms with E-state index in [4.69, 9.17) is 9.47 Å². The molecular formula is C26H22FNO5. The summed E-state index contributed by atoms with van der Waals surface area (Å²) in [6.07, 6.45) is 0. The third-order valence-corrected chi connectivity index (χ3v) is 5.60. The number of Topliss-reactive ketones (excluding diaryl/α,β-unsaturated/α-hetero) is 1. The summed E-state index contributed by atoms with van der Waals surface area (Å²) >= 11 is 0. The molecule has 1 saturated heterocycles. The Hall–Kier alpha value is -4.13. The number of carbonyl (C=O) groups excluding carboxylic acids is 2. The number of halogens is 1. The number of amides is 1. The minimum atomic E-state index is -0.895. The van der Waals surface area contributed by atoms with E-state index in [9.17, 15) is 19.1 Å². The summed E-state index contributed by atoms with van der Waals surface area (Å²) in [5, 5.41) is 11.1. The number of carbonyl (C=O) groups is 2. The van der Waals surface area contributed by atoms with Crippen LogP contribution in [0, 0.1) is 5.82 Å². The van der Waals surface area contributed by atoms with Crippen LogP contribution in [0.15, 0.2) is 78.4 Å². The number of hydrogen-bond donors (Lipinski definition) is 1. The predicted octanol–water partition coefficient (Wildman–Crippen LogP) is 4.46. The Bertz CT molecular complexity index is 1220. The van der Waals surface area contributed by atoms with Gasteiger partial charge >= 0.3 is 0 Å². The fourth-order valence-corrected chi connectivity index (χ4v) is 3.95. The maximum Gasteiger partial charge on any atom is 0.295 e. The first-order valence-electron chi connectivity index (χ1n) is 10.2. The van der Waals surface area contributed by atoms with Crippen LogP contribution in [0.2, 0.25) is 0 Å². The van der Waals surface area contributed by atoms with Gasteiger partial charge in [-0.3, -0.25) is 9.59 Å². The summed E-state index contributed by atoms with van der Waals surface area (Å²) in [5.74, 6) is -1.21. The van der Waals surface area contributed by atoms with Crippen molar-refractivity contribution in [2.75, 3.05) is 14.2 Å². The zero-order valence-electron chi connectivity index (χ0n) is 18.1. The van der Waals surface area contributed by atoms with E-state index in [1.54, 1.807) is 60.7 Å². The van der Waals surface area contributed by atoms with Crippen LogP contribution >= 0.6 is 0 Å². The highest BCUT2D eigenvalue weighted by Crippen LogP contribution is 2.43. The van der Waals surface area contributed by atoms with Crippen molar-refractivity contribution in [3.8, 4) is 11.5 Å². The van der Waals surface area contributed by atoms with Crippen molar-refractivity contribution in [3.63, 3.8) is 0 Å². The summed E-state index contributed by atoms with van der Waals surface area (Å²) in [7, 11) is 3.02. The topological polar surface area (TPSA) is 76.1 Å². The van der Waals surface area contributed by atoms with E-state index in [1.807, 2.05) is 0 Å². The number of rotatable bonds is 6. The quantitative estimate of drug-likeness (QED) is 0.343. The van der Waals surface area contributed by atoms with Crippen molar-refractivity contribution in [1.29, 1.82) is 0 Å². The molecule has 4 rings (SSSR count). The van der Waals surface area contributed by atoms with E-state index in [1.165, 1.54) is 31.3 Å². The molecule has 0 radical (unpaired) electrons. The van der Waals surface area contributed by atoms with Crippen LogP contribution in [0.1, 0.15) is 22.7 Å². The second-order valence-corrected chi connectivity index (χ2v) is 7.52. The Morgan fingerprint density at radius 2 is 1.61 bits per heavy atom. The lowest BCUT2D eigenvalue weighted by molar-refractivity contribution is -0.140. The zero-order valence-corrected chi connectivity index (χ0v) is 18.1. The number of ether oxygens (including phenoxy) is 2. The molecule has 7 heteroatoms. The van der Waals surface area contributed by atoms with Crippen molar-refractivity contribution in [3.05, 3.63) is 101 Å². The maximum atomic E-state index is 13.4. The van der Waals surface area contributed by atoms with E-state index >= 15 is 0 Å². The summed E-state index contributed by atoms with van der Waals surface area (Å²) in [5.41, 5.74) is 1.52. The van der Waals surface area contributed by atoms with E-state index < -0.39 is 23.5 Å². The molecule has 0 aromatic heterocycles. The van der Waals surface area contributed by atoms with Crippen LogP contribution in [0.4, 0.5) is 4.39 Å². The molecule has 1 heterocycles. The second-order valence-electron chi connectivity index (χ2n) is 7.52. The van der Waals surface area contributed by atoms with E-state index in [0.29, 0.717) is 28.2 Å². The fraction of sp³-hybridized carbons (Fsp3) is 0.154. The van der Waals surface area contributed by atoms with Gasteiger partial charge in [-0.2, -0.15) is 0 Å². The number of benzene rings is 3. The van der Waals surface area contributed by atoms with Gasteiger partial charge in [0.2, 0.25) is 0 Å². The number of hydrogen-bond acceptors (Lipinski definition) is 5. The number of nitrogens with zero attached hydrogens (tertiary/aromatic N) is 1. The third-order valence-electron chi connectivity index (χ3n) is 5.60. The fourth-order valence-electron chi connectivity index (χ4n) is 3.95. The highest BCUT2D eigenvalue weighted by Gasteiger charge is 2.47. The Morgan fingerprint density at radius 1 is 0.939 bits per heavy atom. The minimum Gasteiger partial charge on any atom is -0.507 e. The minimum absolute atomic E-state index is 0.0446. The van der Waals surface area contributed by atoms with Gasteiger partial charge < -0.3 is 19.5 Å². The largest absolute Gasteiger partial charge is 0.507 e. The van der Waals surface area contributed by atoms with E-state index in [0.717, 1.165) is 0 Å². The van der Waals surface area contributed by atoms with E-state index in [2.05, 4.69) is 0 Å². The van der Waals surface area contributed by atoms with Gasteiger partial charge in [0.15, 0.2) is 0 Å². The first-order chi connectivity index (χ1) is 15.9. The monoisotopic (exact) mass is 447 g/mol. The molecule has 0 spiro atoms. The van der Waals surface area contributed by atoms with Crippen LogP contribution in [0.5, 0.6) is 11.5 Å². The highest BCUT2D eigenvalue weighted by atomic mass is 19.1. The average molecular weight is 447 g/mol. The van der Waals surface area contributed by atoms with Crippen LogP contribution in [0.3, 0.4) is 0 Å². The van der Waals surface area contributed by atoms with Gasteiger partial charge in [0, 0.05) is 17.7 Å². The van der Waals surface area contributed by atoms with Crippen LogP contribution in [0.25, 0.3) is 5.76 Å². The average Bonchev–Trinajstić information content (AvgIpc) is 3.09. The van der Waals surface area contributed by atoms with Crippen molar-refractivity contribution >= 4 is 17.4 Å². The van der Waals surface area contributed by atoms with Crippen molar-refractivity contribution < 1.29 is 28.6 Å². The lowest BCUT2D eigenvalue weighted by Gasteiger charge is -2.26. The molecule has 1 aliphatic heterocycles. The molecule has 33 heavy (non-hydrogen) atoms. The van der Waals surface area contributed by atoms with Gasteiger partial charge in [-0.15, -0.1) is 0 Å². The molecule has 3 aromatic carbocycles. The molecular weight excluding hydrogens is 425 g/mol. The lowest BCUT2D eigenvalue weighted by Crippen LogP contribution is -2.29. The number of aliphatic hydroxyl groups is 1. The number of aliphatic hydroxyl groups excluding tert-OH is 1. The van der Waals surface area contributed by atoms with Crippen molar-refractivity contribution in [2.24, 2.45) is 0 Å². The summed E-state index contributed by atoms with van der Waals surface area (Å²) in [4.78, 5) is 27.6. The van der Waals surface area contributed by atoms with Crippen LogP contribution < -0.4 is 9.47 Å². The second kappa shape index (κ2) is 9.16. The molecule has 1 unspecified atom stereocenters. The molecule has 1 N–H and O–H groups in total. The molecule has 1 atom stereocenters. The molecule has 3 aromatic rings. The van der Waals surface area contributed by atoms with Crippen LogP contribution in [-0.4, -0.2) is 35.9 Å². The number of ketones is 1. The van der Waals surface area contributed by atoms with Gasteiger partial charge in [0.1, 0.15) is 23.1 Å². The smallest absolute Gasteiger partial charge is 0.295 e. The molecule has 0 aliphatic carbocycles. The third kappa shape index (κ3) is 4.17. The number of para-hydroxylation sites is 1. The first kappa shape index (κ1) is 22.1. The zero-order chi connectivity index (χ0) is 23.5. The number of methoxy groups -OCH3 is 2. The Kier molecular flexibility index (Phi) is 6.13. The van der Waals surface area contributed by atoms with Gasteiger partial charge in [-0.1, -0.05) is 30.3 Å². The van der Waals surface area contributed by atoms with Gasteiger partial charge in [-0.25, -0.2) is 4.39 Å². The van der Waals surface area contributed by atoms with E-state index in [-0.39, 0.29) is 17.9 Å². The SMILES string of the molecule is COc1ccc(C(O)=C2C(=O)C(=O)N(Cc3ccc(F)cc3)C2c2ccccc2OC)cc1. The molecule has 1 amide bonds. The Labute approximate surface area is 190 Å².